The number of carbonyl (C=O) groups excluding carboxylic acids is 1. The number of hydrogen-bond donors (Lipinski definition) is 3. The van der Waals surface area contributed by atoms with Crippen molar-refractivity contribution >= 4 is 23.6 Å². The number of nitrogens with one attached hydrogen (secondary N) is 1. The predicted molar refractivity (Wildman–Crippen MR) is 70.0 cm³/mol. The molecule has 0 radical (unpaired) electrons. The average molecular weight is 262 g/mol. The summed E-state index contributed by atoms with van der Waals surface area (Å²) in [6.45, 7) is 5.80. The van der Waals surface area contributed by atoms with Gasteiger partial charge < -0.3 is 16.2 Å². The van der Waals surface area contributed by atoms with E-state index in [-0.39, 0.29) is 23.0 Å². The Morgan fingerprint density at radius 2 is 1.88 bits per heavy atom. The minimum Gasteiger partial charge on any atom is -0.480 e. The molecule has 0 rings (SSSR count). The number of nitrogens with two attached hydrogens (primary N) is 1. The molecule has 0 heterocycles. The number of amides is 1. The molecule has 100 valence electrons. The Labute approximate surface area is 107 Å². The monoisotopic (exact) mass is 262 g/mol. The first kappa shape index (κ1) is 16.2. The summed E-state index contributed by atoms with van der Waals surface area (Å²) in [7, 11) is 0. The second kappa shape index (κ2) is 8.36. The molecule has 0 aromatic carbocycles. The van der Waals surface area contributed by atoms with E-state index in [0.717, 1.165) is 12.8 Å². The summed E-state index contributed by atoms with van der Waals surface area (Å²) in [6.07, 6.45) is 1.79. The predicted octanol–water partition coefficient (Wildman–Crippen LogP) is 0.825. The normalized spacial score (nSPS) is 14.4. The van der Waals surface area contributed by atoms with Crippen LogP contribution in [0.4, 0.5) is 0 Å². The fourth-order valence-corrected chi connectivity index (χ4v) is 2.06. The maximum Gasteiger partial charge on any atom is 0.321 e. The zero-order chi connectivity index (χ0) is 13.4. The fraction of sp³-hybridized carbons (Fsp3) is 0.818. The summed E-state index contributed by atoms with van der Waals surface area (Å²) in [5.41, 5.74) is 5.37. The van der Waals surface area contributed by atoms with E-state index in [1.54, 1.807) is 6.92 Å². The Morgan fingerprint density at radius 1 is 1.35 bits per heavy atom. The molecular weight excluding hydrogens is 240 g/mol. The molecule has 1 amide bonds. The van der Waals surface area contributed by atoms with Crippen molar-refractivity contribution in [3.8, 4) is 0 Å². The van der Waals surface area contributed by atoms with Gasteiger partial charge in [-0.25, -0.2) is 0 Å². The highest BCUT2D eigenvalue weighted by atomic mass is 32.2. The molecule has 5 nitrogen and oxygen atoms in total. The van der Waals surface area contributed by atoms with Crippen LogP contribution in [0.2, 0.25) is 0 Å². The largest absolute Gasteiger partial charge is 0.480 e. The first-order valence-electron chi connectivity index (χ1n) is 5.82. The van der Waals surface area contributed by atoms with Gasteiger partial charge in [-0.15, -0.1) is 11.8 Å². The van der Waals surface area contributed by atoms with E-state index in [0.29, 0.717) is 0 Å². The van der Waals surface area contributed by atoms with Crippen molar-refractivity contribution in [1.29, 1.82) is 0 Å². The molecule has 0 saturated heterocycles. The highest BCUT2D eigenvalue weighted by Gasteiger charge is 2.19. The molecule has 17 heavy (non-hydrogen) atoms. The Kier molecular flexibility index (Phi) is 7.99. The summed E-state index contributed by atoms with van der Waals surface area (Å²) in [4.78, 5) is 22.2. The van der Waals surface area contributed by atoms with Crippen LogP contribution in [0.15, 0.2) is 0 Å². The summed E-state index contributed by atoms with van der Waals surface area (Å²) < 4.78 is 0. The zero-order valence-corrected chi connectivity index (χ0v) is 11.4. The first-order valence-corrected chi connectivity index (χ1v) is 6.87. The van der Waals surface area contributed by atoms with Gasteiger partial charge >= 0.3 is 5.97 Å². The highest BCUT2D eigenvalue weighted by molar-refractivity contribution is 8.00. The van der Waals surface area contributed by atoms with Crippen LogP contribution in [0.5, 0.6) is 0 Å². The van der Waals surface area contributed by atoms with Gasteiger partial charge in [0.2, 0.25) is 5.91 Å². The van der Waals surface area contributed by atoms with Crippen LogP contribution < -0.4 is 11.1 Å². The number of hydrogen-bond acceptors (Lipinski definition) is 4. The van der Waals surface area contributed by atoms with Crippen molar-refractivity contribution in [2.45, 2.75) is 50.9 Å². The van der Waals surface area contributed by atoms with E-state index in [1.165, 1.54) is 11.8 Å². The lowest BCUT2D eigenvalue weighted by atomic mass is 10.2. The highest BCUT2D eigenvalue weighted by Crippen LogP contribution is 2.12. The smallest absolute Gasteiger partial charge is 0.321 e. The number of aliphatic carboxylic acids is 1. The third kappa shape index (κ3) is 6.53. The minimum atomic E-state index is -1.04. The average Bonchev–Trinajstić information content (AvgIpc) is 2.31. The number of thioether (sulfide) groups is 1. The van der Waals surface area contributed by atoms with Crippen LogP contribution in [0.25, 0.3) is 0 Å². The molecule has 2 unspecified atom stereocenters. The Balaban J connectivity index is 4.01. The maximum absolute atomic E-state index is 11.7. The summed E-state index contributed by atoms with van der Waals surface area (Å²) >= 11 is 1.27. The number of rotatable bonds is 8. The van der Waals surface area contributed by atoms with Crippen LogP contribution in [0, 0.1) is 0 Å². The molecule has 6 heteroatoms. The second-order valence-corrected chi connectivity index (χ2v) is 5.32. The third-order valence-electron chi connectivity index (χ3n) is 2.54. The van der Waals surface area contributed by atoms with Crippen molar-refractivity contribution < 1.29 is 14.7 Å². The van der Waals surface area contributed by atoms with Crippen molar-refractivity contribution in [1.82, 2.24) is 5.32 Å². The van der Waals surface area contributed by atoms with Crippen LogP contribution in [-0.2, 0) is 9.59 Å². The number of carboxylic acids is 1. The van der Waals surface area contributed by atoms with Gasteiger partial charge in [-0.2, -0.15) is 0 Å². The number of carbonyl (C=O) groups is 2. The van der Waals surface area contributed by atoms with E-state index in [2.05, 4.69) is 5.32 Å². The van der Waals surface area contributed by atoms with Crippen LogP contribution in [-0.4, -0.2) is 40.1 Å². The maximum atomic E-state index is 11.7. The van der Waals surface area contributed by atoms with Gasteiger partial charge in [-0.1, -0.05) is 13.8 Å². The standard InChI is InChI=1S/C11H22N2O3S/c1-4-8(5-2)13-10(14)7(3)17-6-9(12)11(15)16/h7-9H,4-6,12H2,1-3H3,(H,13,14)(H,15,16). The van der Waals surface area contributed by atoms with Crippen LogP contribution in [0.3, 0.4) is 0 Å². The van der Waals surface area contributed by atoms with E-state index in [9.17, 15) is 9.59 Å². The Morgan fingerprint density at radius 3 is 2.29 bits per heavy atom. The lowest BCUT2D eigenvalue weighted by Gasteiger charge is -2.18. The topological polar surface area (TPSA) is 92.4 Å². The zero-order valence-electron chi connectivity index (χ0n) is 10.6. The fourth-order valence-electron chi connectivity index (χ4n) is 1.21. The molecule has 0 aliphatic carbocycles. The molecule has 0 spiro atoms. The molecule has 0 aliphatic rings. The molecule has 0 fully saturated rings. The lowest BCUT2D eigenvalue weighted by Crippen LogP contribution is -2.40. The van der Waals surface area contributed by atoms with E-state index >= 15 is 0 Å². The molecule has 2 atom stereocenters. The Bertz CT molecular complexity index is 257. The van der Waals surface area contributed by atoms with Gasteiger partial charge in [0, 0.05) is 11.8 Å². The number of carboxylic acid groups (broad SMARTS) is 1. The quantitative estimate of drug-likeness (QED) is 0.602. The van der Waals surface area contributed by atoms with Gasteiger partial charge in [0.25, 0.3) is 0 Å². The van der Waals surface area contributed by atoms with Gasteiger partial charge in [0.05, 0.1) is 5.25 Å². The van der Waals surface area contributed by atoms with E-state index in [1.807, 2.05) is 13.8 Å². The van der Waals surface area contributed by atoms with Crippen molar-refractivity contribution in [2.75, 3.05) is 5.75 Å². The van der Waals surface area contributed by atoms with Crippen molar-refractivity contribution in [3.63, 3.8) is 0 Å². The summed E-state index contributed by atoms with van der Waals surface area (Å²) in [5, 5.41) is 11.3. The SMILES string of the molecule is CCC(CC)NC(=O)C(C)SCC(N)C(=O)O. The van der Waals surface area contributed by atoms with Crippen molar-refractivity contribution in [2.24, 2.45) is 5.73 Å². The van der Waals surface area contributed by atoms with Gasteiger partial charge in [0.1, 0.15) is 6.04 Å². The minimum absolute atomic E-state index is 0.0544. The van der Waals surface area contributed by atoms with Gasteiger partial charge in [0.15, 0.2) is 0 Å². The van der Waals surface area contributed by atoms with Crippen LogP contribution in [0.1, 0.15) is 33.6 Å². The van der Waals surface area contributed by atoms with Gasteiger partial charge in [-0.3, -0.25) is 9.59 Å². The Hall–Kier alpha value is -0.750. The molecule has 0 aliphatic heterocycles. The summed E-state index contributed by atoms with van der Waals surface area (Å²) in [6, 6.07) is -0.720. The van der Waals surface area contributed by atoms with E-state index < -0.39 is 12.0 Å². The molecule has 0 aromatic heterocycles. The second-order valence-electron chi connectivity index (χ2n) is 3.94. The molecule has 4 N–H and O–H groups in total. The molecule has 0 saturated carbocycles. The lowest BCUT2D eigenvalue weighted by molar-refractivity contribution is -0.138. The van der Waals surface area contributed by atoms with Gasteiger partial charge in [-0.05, 0) is 19.8 Å². The van der Waals surface area contributed by atoms with Crippen molar-refractivity contribution in [3.05, 3.63) is 0 Å². The molecule has 0 aromatic rings. The third-order valence-corrected chi connectivity index (χ3v) is 3.81. The van der Waals surface area contributed by atoms with E-state index in [4.69, 9.17) is 10.8 Å². The molecular formula is C11H22N2O3S. The molecule has 0 bridgehead atoms. The first-order chi connectivity index (χ1) is 7.92. The van der Waals surface area contributed by atoms with Crippen LogP contribution >= 0.6 is 11.8 Å². The summed E-state index contributed by atoms with van der Waals surface area (Å²) in [5.74, 6) is -0.848.